The van der Waals surface area contributed by atoms with Crippen LogP contribution in [0.3, 0.4) is 0 Å². The maximum Gasteiger partial charge on any atom is 0.327 e. The van der Waals surface area contributed by atoms with Gasteiger partial charge in [0.2, 0.25) is 0 Å². The summed E-state index contributed by atoms with van der Waals surface area (Å²) in [6.45, 7) is 6.50. The molecule has 2 rings (SSSR count). The Morgan fingerprint density at radius 3 is 2.46 bits per heavy atom. The Balaban J connectivity index is 2.31. The molecule has 0 aliphatic carbocycles. The molecule has 130 valence electrons. The highest BCUT2D eigenvalue weighted by atomic mass is 16.3. The zero-order valence-electron chi connectivity index (χ0n) is 14.4. The van der Waals surface area contributed by atoms with Gasteiger partial charge in [-0.1, -0.05) is 6.07 Å². The van der Waals surface area contributed by atoms with Crippen LogP contribution in [0, 0.1) is 13.8 Å². The Kier molecular flexibility index (Phi) is 5.98. The van der Waals surface area contributed by atoms with Crippen molar-refractivity contribution in [2.45, 2.75) is 46.1 Å². The maximum atomic E-state index is 11.7. The second-order valence-electron chi connectivity index (χ2n) is 6.24. The van der Waals surface area contributed by atoms with Gasteiger partial charge in [-0.2, -0.15) is 0 Å². The van der Waals surface area contributed by atoms with Crippen LogP contribution < -0.4 is 16.1 Å². The number of nitrogens with zero attached hydrogens (tertiary/aromatic N) is 1. The van der Waals surface area contributed by atoms with Gasteiger partial charge in [-0.3, -0.25) is 14.8 Å². The first-order chi connectivity index (χ1) is 11.4. The Morgan fingerprint density at radius 1 is 1.08 bits per heavy atom. The summed E-state index contributed by atoms with van der Waals surface area (Å²) in [7, 11) is 0. The van der Waals surface area contributed by atoms with Gasteiger partial charge in [0.05, 0.1) is 6.10 Å². The second kappa shape index (κ2) is 7.97. The van der Waals surface area contributed by atoms with E-state index in [1.807, 2.05) is 36.9 Å². The molecule has 0 radical (unpaired) electrons. The van der Waals surface area contributed by atoms with E-state index in [1.165, 1.54) is 11.6 Å². The number of nitrogens with one attached hydrogen (secondary N) is 2. The molecule has 0 spiro atoms. The lowest BCUT2D eigenvalue weighted by molar-refractivity contribution is 0.181. The van der Waals surface area contributed by atoms with Crippen LogP contribution in [0.15, 0.2) is 33.9 Å². The zero-order valence-corrected chi connectivity index (χ0v) is 14.4. The van der Waals surface area contributed by atoms with Crippen molar-refractivity contribution in [1.82, 2.24) is 9.97 Å². The van der Waals surface area contributed by atoms with E-state index in [2.05, 4.69) is 9.97 Å². The van der Waals surface area contributed by atoms with Gasteiger partial charge in [-0.05, 0) is 63.3 Å². The van der Waals surface area contributed by atoms with Crippen molar-refractivity contribution in [3.05, 3.63) is 56.2 Å². The number of benzene rings is 1. The van der Waals surface area contributed by atoms with E-state index in [9.17, 15) is 14.7 Å². The number of H-pyrrole nitrogens is 2. The summed E-state index contributed by atoms with van der Waals surface area (Å²) in [5.41, 5.74) is 2.32. The van der Waals surface area contributed by atoms with Gasteiger partial charge in [0, 0.05) is 18.3 Å². The molecule has 1 heterocycles. The molecule has 1 aromatic carbocycles. The first-order valence-electron chi connectivity index (χ1n) is 8.23. The highest BCUT2D eigenvalue weighted by molar-refractivity contribution is 5.61. The summed E-state index contributed by atoms with van der Waals surface area (Å²) in [4.78, 5) is 30.1. The summed E-state index contributed by atoms with van der Waals surface area (Å²) >= 11 is 0. The van der Waals surface area contributed by atoms with E-state index in [0.29, 0.717) is 12.4 Å². The van der Waals surface area contributed by atoms with Crippen LogP contribution in [-0.4, -0.2) is 27.7 Å². The van der Waals surface area contributed by atoms with Crippen molar-refractivity contribution < 1.29 is 5.11 Å². The van der Waals surface area contributed by atoms with Crippen LogP contribution in [0.1, 0.15) is 37.3 Å². The molecule has 0 saturated carbocycles. The molecule has 0 amide bonds. The highest BCUT2D eigenvalue weighted by Gasteiger charge is 2.12. The molecule has 0 aliphatic rings. The fraction of sp³-hybridized carbons (Fsp3) is 0.444. The van der Waals surface area contributed by atoms with Gasteiger partial charge in [0.25, 0.3) is 5.56 Å². The van der Waals surface area contributed by atoms with Crippen LogP contribution in [0.5, 0.6) is 0 Å². The van der Waals surface area contributed by atoms with Gasteiger partial charge < -0.3 is 10.0 Å². The fourth-order valence-corrected chi connectivity index (χ4v) is 2.59. The van der Waals surface area contributed by atoms with Crippen molar-refractivity contribution in [1.29, 1.82) is 0 Å². The number of aromatic nitrogens is 2. The molecular weight excluding hydrogens is 306 g/mol. The lowest BCUT2D eigenvalue weighted by Gasteiger charge is -2.25. The van der Waals surface area contributed by atoms with Gasteiger partial charge >= 0.3 is 5.69 Å². The van der Waals surface area contributed by atoms with Crippen LogP contribution in [0.2, 0.25) is 0 Å². The van der Waals surface area contributed by atoms with Gasteiger partial charge in [0.15, 0.2) is 0 Å². The SMILES string of the molecule is Cc1ccc(N(CCCCC(C)O)c2cc(=O)[nH]c(=O)[nH]2)cc1C. The van der Waals surface area contributed by atoms with Crippen LogP contribution in [-0.2, 0) is 0 Å². The minimum Gasteiger partial charge on any atom is -0.393 e. The molecular formula is C18H25N3O3. The average molecular weight is 331 g/mol. The van der Waals surface area contributed by atoms with Gasteiger partial charge in [-0.25, -0.2) is 4.79 Å². The van der Waals surface area contributed by atoms with Crippen molar-refractivity contribution >= 4 is 11.5 Å². The van der Waals surface area contributed by atoms with Crippen molar-refractivity contribution in [2.24, 2.45) is 0 Å². The third-order valence-corrected chi connectivity index (χ3v) is 4.09. The average Bonchev–Trinajstić information content (AvgIpc) is 2.49. The molecule has 3 N–H and O–H groups in total. The summed E-state index contributed by atoms with van der Waals surface area (Å²) in [5, 5.41) is 9.38. The summed E-state index contributed by atoms with van der Waals surface area (Å²) in [5.74, 6) is 0.476. The molecule has 2 aromatic rings. The monoisotopic (exact) mass is 331 g/mol. The minimum atomic E-state index is -0.518. The number of hydrogen-bond donors (Lipinski definition) is 3. The number of aryl methyl sites for hydroxylation is 2. The minimum absolute atomic E-state index is 0.320. The topological polar surface area (TPSA) is 89.2 Å². The number of unbranched alkanes of at least 4 members (excludes halogenated alkanes) is 1. The van der Waals surface area contributed by atoms with Gasteiger partial charge in [-0.15, -0.1) is 0 Å². The van der Waals surface area contributed by atoms with Crippen molar-refractivity contribution in [3.8, 4) is 0 Å². The molecule has 6 nitrogen and oxygen atoms in total. The molecule has 0 aliphatic heterocycles. The summed E-state index contributed by atoms with van der Waals surface area (Å²) in [6, 6.07) is 7.45. The Morgan fingerprint density at radius 2 is 1.83 bits per heavy atom. The third-order valence-electron chi connectivity index (χ3n) is 4.09. The molecule has 1 atom stereocenters. The lowest BCUT2D eigenvalue weighted by Crippen LogP contribution is -2.28. The van der Waals surface area contributed by atoms with Crippen molar-refractivity contribution in [3.63, 3.8) is 0 Å². The number of hydrogen-bond acceptors (Lipinski definition) is 4. The molecule has 1 unspecified atom stereocenters. The number of aliphatic hydroxyl groups is 1. The third kappa shape index (κ3) is 4.83. The number of rotatable bonds is 7. The lowest BCUT2D eigenvalue weighted by atomic mass is 10.1. The maximum absolute atomic E-state index is 11.7. The largest absolute Gasteiger partial charge is 0.393 e. The van der Waals surface area contributed by atoms with E-state index in [0.717, 1.165) is 30.5 Å². The smallest absolute Gasteiger partial charge is 0.327 e. The molecule has 6 heteroatoms. The summed E-state index contributed by atoms with van der Waals surface area (Å²) in [6.07, 6.45) is 2.12. The molecule has 0 bridgehead atoms. The Hall–Kier alpha value is -2.34. The number of aliphatic hydroxyl groups excluding tert-OH is 1. The molecule has 1 aromatic heterocycles. The van der Waals surface area contributed by atoms with E-state index >= 15 is 0 Å². The highest BCUT2D eigenvalue weighted by Crippen LogP contribution is 2.25. The predicted octanol–water partition coefficient (Wildman–Crippen LogP) is 2.37. The van der Waals surface area contributed by atoms with Crippen LogP contribution >= 0.6 is 0 Å². The van der Waals surface area contributed by atoms with E-state index in [-0.39, 0.29) is 6.10 Å². The number of anilines is 2. The van der Waals surface area contributed by atoms with Crippen LogP contribution in [0.4, 0.5) is 11.5 Å². The molecule has 24 heavy (non-hydrogen) atoms. The van der Waals surface area contributed by atoms with E-state index in [4.69, 9.17) is 0 Å². The molecule has 0 saturated heterocycles. The van der Waals surface area contributed by atoms with E-state index in [1.54, 1.807) is 6.92 Å². The van der Waals surface area contributed by atoms with Crippen molar-refractivity contribution in [2.75, 3.05) is 11.4 Å². The van der Waals surface area contributed by atoms with Gasteiger partial charge in [0.1, 0.15) is 5.82 Å². The Bertz CT molecular complexity index is 764. The summed E-state index contributed by atoms with van der Waals surface area (Å²) < 4.78 is 0. The van der Waals surface area contributed by atoms with E-state index < -0.39 is 11.2 Å². The fourth-order valence-electron chi connectivity index (χ4n) is 2.59. The number of aromatic amines is 2. The Labute approximate surface area is 141 Å². The van der Waals surface area contributed by atoms with Crippen LogP contribution in [0.25, 0.3) is 0 Å². The zero-order chi connectivity index (χ0) is 17.7. The first kappa shape index (κ1) is 18.0. The quantitative estimate of drug-likeness (QED) is 0.680. The normalized spacial score (nSPS) is 12.2. The first-order valence-corrected chi connectivity index (χ1v) is 8.23. The molecule has 0 fully saturated rings. The predicted molar refractivity (Wildman–Crippen MR) is 96.1 cm³/mol. The second-order valence-corrected chi connectivity index (χ2v) is 6.24. The standard InChI is InChI=1S/C18H25N3O3/c1-12-7-8-15(10-13(12)2)21(9-5-4-6-14(3)22)16-11-17(23)20-18(24)19-16/h7-8,10-11,14,22H,4-6,9H2,1-3H3,(H2,19,20,23,24).